The van der Waals surface area contributed by atoms with Gasteiger partial charge in [0, 0.05) is 40.9 Å². The van der Waals surface area contributed by atoms with Crippen molar-refractivity contribution in [3.8, 4) is 5.75 Å². The second kappa shape index (κ2) is 9.49. The van der Waals surface area contributed by atoms with Gasteiger partial charge in [0.05, 0.1) is 7.11 Å². The summed E-state index contributed by atoms with van der Waals surface area (Å²) in [7, 11) is 1.57. The average Bonchev–Trinajstić information content (AvgIpc) is 2.67. The molecule has 0 spiro atoms. The topological polar surface area (TPSA) is 96.9 Å². The van der Waals surface area contributed by atoms with E-state index in [0.29, 0.717) is 24.2 Å². The van der Waals surface area contributed by atoms with Crippen LogP contribution in [0.4, 0.5) is 0 Å². The van der Waals surface area contributed by atoms with Gasteiger partial charge in [0.2, 0.25) is 0 Å². The molecule has 0 aliphatic carbocycles. The van der Waals surface area contributed by atoms with E-state index < -0.39 is 17.5 Å². The predicted molar refractivity (Wildman–Crippen MR) is 142 cm³/mol. The number of carboxylic acids is 1. The van der Waals surface area contributed by atoms with Gasteiger partial charge in [0.1, 0.15) is 16.9 Å². The van der Waals surface area contributed by atoms with Gasteiger partial charge in [0.25, 0.3) is 0 Å². The Kier molecular flexibility index (Phi) is 7.43. The maximum absolute atomic E-state index is 13.6. The highest BCUT2D eigenvalue weighted by Gasteiger charge is 2.57. The first kappa shape index (κ1) is 28.2. The number of ether oxygens (including phenoxy) is 2. The van der Waals surface area contributed by atoms with Gasteiger partial charge in [-0.1, -0.05) is 12.1 Å². The summed E-state index contributed by atoms with van der Waals surface area (Å²) in [4.78, 5) is 25.9. The monoisotopic (exact) mass is 500 g/mol. The zero-order chi connectivity index (χ0) is 27.2. The van der Waals surface area contributed by atoms with Gasteiger partial charge in [-0.2, -0.15) is 0 Å². The second-order valence-corrected chi connectivity index (χ2v) is 13.3. The molecule has 7 heteroatoms. The molecule has 3 rings (SSSR count). The molecule has 2 saturated heterocycles. The molecule has 2 fully saturated rings. The number of nitrogens with one attached hydrogen (secondary N) is 2. The van der Waals surface area contributed by atoms with E-state index in [0.717, 1.165) is 12.8 Å². The van der Waals surface area contributed by atoms with E-state index in [1.807, 2.05) is 0 Å². The number of rotatable bonds is 6. The molecular weight excluding hydrogens is 456 g/mol. The molecule has 200 valence electrons. The minimum atomic E-state index is -1.30. The van der Waals surface area contributed by atoms with Crippen molar-refractivity contribution in [2.24, 2.45) is 5.92 Å². The lowest BCUT2D eigenvalue weighted by atomic mass is 9.60. The Labute approximate surface area is 216 Å². The van der Waals surface area contributed by atoms with E-state index in [4.69, 9.17) is 9.47 Å². The van der Waals surface area contributed by atoms with E-state index in [9.17, 15) is 14.7 Å². The summed E-state index contributed by atoms with van der Waals surface area (Å²) < 4.78 is 11.6. The first-order valence-corrected chi connectivity index (χ1v) is 12.8. The van der Waals surface area contributed by atoms with Crippen molar-refractivity contribution in [2.45, 2.75) is 109 Å². The van der Waals surface area contributed by atoms with Gasteiger partial charge in [-0.15, -0.1) is 0 Å². The highest BCUT2D eigenvalue weighted by Crippen LogP contribution is 2.50. The van der Waals surface area contributed by atoms with Crippen molar-refractivity contribution in [1.29, 1.82) is 0 Å². The number of carbonyl (C=O) groups excluding carboxylic acids is 1. The largest absolute Gasteiger partial charge is 0.497 e. The SMILES string of the molecule is COc1ccc(C=C(C(=O)O)C(=O)OC2(C3CC(C)(C)NC(C)(C)C3)CC(C)(C)NC(C)(C)C2)cc1. The number of benzene rings is 1. The lowest BCUT2D eigenvalue weighted by molar-refractivity contribution is -0.183. The highest BCUT2D eigenvalue weighted by molar-refractivity contribution is 6.17. The van der Waals surface area contributed by atoms with Crippen LogP contribution in [-0.2, 0) is 14.3 Å². The Balaban J connectivity index is 2.05. The van der Waals surface area contributed by atoms with Crippen LogP contribution in [-0.4, -0.2) is 51.9 Å². The van der Waals surface area contributed by atoms with Gasteiger partial charge >= 0.3 is 11.9 Å². The predicted octanol–water partition coefficient (Wildman–Crippen LogP) is 4.94. The fourth-order valence-electron chi connectivity index (χ4n) is 7.02. The van der Waals surface area contributed by atoms with Crippen LogP contribution in [0.15, 0.2) is 29.8 Å². The molecule has 7 nitrogen and oxygen atoms in total. The molecular formula is C29H44N2O5. The van der Waals surface area contributed by atoms with Gasteiger partial charge in [-0.05, 0) is 92.0 Å². The van der Waals surface area contributed by atoms with Gasteiger partial charge in [-0.25, -0.2) is 9.59 Å². The fourth-order valence-corrected chi connectivity index (χ4v) is 7.02. The van der Waals surface area contributed by atoms with Crippen LogP contribution in [0.2, 0.25) is 0 Å². The van der Waals surface area contributed by atoms with Crippen LogP contribution in [0.1, 0.15) is 86.6 Å². The molecule has 0 atom stereocenters. The molecule has 0 unspecified atom stereocenters. The summed E-state index contributed by atoms with van der Waals surface area (Å²) >= 11 is 0. The molecule has 0 aromatic heterocycles. The number of carbonyl (C=O) groups is 2. The van der Waals surface area contributed by atoms with Crippen LogP contribution >= 0.6 is 0 Å². The maximum Gasteiger partial charge on any atom is 0.346 e. The Morgan fingerprint density at radius 2 is 1.33 bits per heavy atom. The third kappa shape index (κ3) is 6.68. The lowest BCUT2D eigenvalue weighted by Gasteiger charge is -2.59. The molecule has 0 radical (unpaired) electrons. The van der Waals surface area contributed by atoms with Crippen LogP contribution < -0.4 is 15.4 Å². The number of hydrogen-bond acceptors (Lipinski definition) is 6. The normalized spacial score (nSPS) is 24.5. The Morgan fingerprint density at radius 3 is 1.78 bits per heavy atom. The molecule has 0 amide bonds. The summed E-state index contributed by atoms with van der Waals surface area (Å²) in [6.07, 6.45) is 4.22. The van der Waals surface area contributed by atoms with Crippen molar-refractivity contribution in [3.63, 3.8) is 0 Å². The van der Waals surface area contributed by atoms with E-state index in [1.165, 1.54) is 6.08 Å². The smallest absolute Gasteiger partial charge is 0.346 e. The number of methoxy groups -OCH3 is 1. The highest BCUT2D eigenvalue weighted by atomic mass is 16.6. The number of piperidine rings is 2. The second-order valence-electron chi connectivity index (χ2n) is 13.3. The molecule has 0 bridgehead atoms. The first-order valence-electron chi connectivity index (χ1n) is 12.8. The average molecular weight is 501 g/mol. The number of hydrogen-bond donors (Lipinski definition) is 3. The fraction of sp³-hybridized carbons (Fsp3) is 0.655. The Hall–Kier alpha value is -2.38. The van der Waals surface area contributed by atoms with Crippen LogP contribution in [0.3, 0.4) is 0 Å². The summed E-state index contributed by atoms with van der Waals surface area (Å²) in [5.74, 6) is -1.38. The maximum atomic E-state index is 13.6. The Morgan fingerprint density at radius 1 is 0.861 bits per heavy atom. The van der Waals surface area contributed by atoms with E-state index in [-0.39, 0.29) is 33.6 Å². The molecule has 0 saturated carbocycles. The van der Waals surface area contributed by atoms with Crippen molar-refractivity contribution >= 4 is 18.0 Å². The van der Waals surface area contributed by atoms with Crippen LogP contribution in [0.25, 0.3) is 6.08 Å². The summed E-state index contributed by atoms with van der Waals surface area (Å²) in [5.41, 5.74) is -1.51. The lowest BCUT2D eigenvalue weighted by Crippen LogP contribution is -2.69. The van der Waals surface area contributed by atoms with Gasteiger partial charge in [-0.3, -0.25) is 0 Å². The summed E-state index contributed by atoms with van der Waals surface area (Å²) in [6.45, 7) is 17.2. The van der Waals surface area contributed by atoms with Crippen molar-refractivity contribution in [3.05, 3.63) is 35.4 Å². The molecule has 36 heavy (non-hydrogen) atoms. The van der Waals surface area contributed by atoms with Crippen molar-refractivity contribution in [1.82, 2.24) is 10.6 Å². The van der Waals surface area contributed by atoms with Crippen LogP contribution in [0, 0.1) is 5.92 Å². The third-order valence-corrected chi connectivity index (χ3v) is 7.27. The van der Waals surface area contributed by atoms with E-state index >= 15 is 0 Å². The van der Waals surface area contributed by atoms with Gasteiger partial charge in [0.15, 0.2) is 0 Å². The molecule has 1 aromatic rings. The minimum Gasteiger partial charge on any atom is -0.497 e. The molecule has 2 heterocycles. The van der Waals surface area contributed by atoms with E-state index in [1.54, 1.807) is 31.4 Å². The number of aliphatic carboxylic acids is 1. The first-order chi connectivity index (χ1) is 16.4. The molecule has 2 aliphatic rings. The molecule has 1 aromatic carbocycles. The number of carboxylic acid groups (broad SMARTS) is 1. The summed E-state index contributed by atoms with van der Waals surface area (Å²) in [5, 5.41) is 17.4. The standard InChI is InChI=1S/C29H44N2O5/c1-25(2)15-20(16-26(3,4)30-25)29(17-27(5,6)31-28(7,8)18-29)36-24(34)22(23(32)33)14-19-10-12-21(35-9)13-11-19/h10-14,20,30-31H,15-18H2,1-9H3,(H,32,33). The quantitative estimate of drug-likeness (QED) is 0.220. The third-order valence-electron chi connectivity index (χ3n) is 7.27. The minimum absolute atomic E-state index is 0.0596. The zero-order valence-corrected chi connectivity index (χ0v) is 23.4. The van der Waals surface area contributed by atoms with E-state index in [2.05, 4.69) is 66.0 Å². The van der Waals surface area contributed by atoms with Crippen molar-refractivity contribution in [2.75, 3.05) is 7.11 Å². The summed E-state index contributed by atoms with van der Waals surface area (Å²) in [6, 6.07) is 6.91. The molecule has 3 N–H and O–H groups in total. The van der Waals surface area contributed by atoms with Crippen molar-refractivity contribution < 1.29 is 24.2 Å². The number of esters is 1. The van der Waals surface area contributed by atoms with Crippen LogP contribution in [0.5, 0.6) is 5.75 Å². The van der Waals surface area contributed by atoms with Gasteiger partial charge < -0.3 is 25.2 Å². The zero-order valence-electron chi connectivity index (χ0n) is 23.4. The molecule has 2 aliphatic heterocycles. The Bertz CT molecular complexity index is 989.